The van der Waals surface area contributed by atoms with Crippen molar-refractivity contribution in [2.75, 3.05) is 17.7 Å². The number of aryl methyl sites for hydroxylation is 3. The van der Waals surface area contributed by atoms with Crippen molar-refractivity contribution in [2.45, 2.75) is 20.8 Å². The van der Waals surface area contributed by atoms with Crippen LogP contribution >= 0.6 is 0 Å². The molecule has 1 heterocycles. The van der Waals surface area contributed by atoms with Crippen molar-refractivity contribution in [3.8, 4) is 0 Å². The number of anilines is 2. The topological polar surface area (TPSA) is 54.0 Å². The van der Waals surface area contributed by atoms with Crippen LogP contribution in [0.5, 0.6) is 0 Å². The lowest BCUT2D eigenvalue weighted by molar-refractivity contribution is 0.102. The number of benzene rings is 1. The standard InChI is InChI=1S/C16H19N3O/c1-10-5-11(2)7-13(6-10)19-16(20)14-9-18-12(3)8-15(14)17-4/h5-9H,1-4H3,(H,17,18)(H,19,20). The third-order valence-electron chi connectivity index (χ3n) is 3.03. The Morgan fingerprint density at radius 1 is 1.05 bits per heavy atom. The van der Waals surface area contributed by atoms with E-state index in [1.807, 2.05) is 39.0 Å². The summed E-state index contributed by atoms with van der Waals surface area (Å²) in [5.41, 5.74) is 5.23. The molecule has 2 aromatic rings. The number of carbonyl (C=O) groups excluding carboxylic acids is 1. The Morgan fingerprint density at radius 2 is 1.70 bits per heavy atom. The summed E-state index contributed by atoms with van der Waals surface area (Å²) in [6, 6.07) is 7.83. The van der Waals surface area contributed by atoms with Crippen LogP contribution in [0.1, 0.15) is 27.2 Å². The Balaban J connectivity index is 2.28. The lowest BCUT2D eigenvalue weighted by atomic mass is 10.1. The van der Waals surface area contributed by atoms with Gasteiger partial charge in [-0.15, -0.1) is 0 Å². The van der Waals surface area contributed by atoms with Gasteiger partial charge >= 0.3 is 0 Å². The van der Waals surface area contributed by atoms with Crippen LogP contribution in [-0.2, 0) is 0 Å². The van der Waals surface area contributed by atoms with Crippen LogP contribution in [0.15, 0.2) is 30.5 Å². The molecule has 0 aliphatic rings. The van der Waals surface area contributed by atoms with E-state index in [0.29, 0.717) is 5.56 Å². The average Bonchev–Trinajstić information content (AvgIpc) is 2.37. The summed E-state index contributed by atoms with van der Waals surface area (Å²) in [6.07, 6.45) is 1.60. The number of nitrogens with zero attached hydrogens (tertiary/aromatic N) is 1. The van der Waals surface area contributed by atoms with E-state index < -0.39 is 0 Å². The van der Waals surface area contributed by atoms with Gasteiger partial charge in [0.05, 0.1) is 11.3 Å². The second kappa shape index (κ2) is 5.74. The van der Waals surface area contributed by atoms with E-state index in [4.69, 9.17) is 0 Å². The van der Waals surface area contributed by atoms with Crippen LogP contribution in [0.2, 0.25) is 0 Å². The van der Waals surface area contributed by atoms with Crippen LogP contribution in [0.25, 0.3) is 0 Å². The van der Waals surface area contributed by atoms with Crippen LogP contribution in [0, 0.1) is 20.8 Å². The van der Waals surface area contributed by atoms with Gasteiger partial charge in [-0.25, -0.2) is 0 Å². The highest BCUT2D eigenvalue weighted by Gasteiger charge is 2.12. The summed E-state index contributed by atoms with van der Waals surface area (Å²) in [4.78, 5) is 16.5. The number of carbonyl (C=O) groups is 1. The van der Waals surface area contributed by atoms with Crippen molar-refractivity contribution in [2.24, 2.45) is 0 Å². The summed E-state index contributed by atoms with van der Waals surface area (Å²) in [5.74, 6) is -0.160. The highest BCUT2D eigenvalue weighted by Crippen LogP contribution is 2.19. The predicted molar refractivity (Wildman–Crippen MR) is 82.4 cm³/mol. The Morgan fingerprint density at radius 3 is 2.30 bits per heavy atom. The van der Waals surface area contributed by atoms with E-state index >= 15 is 0 Å². The zero-order chi connectivity index (χ0) is 14.7. The molecule has 1 aromatic heterocycles. The maximum atomic E-state index is 12.3. The molecule has 0 aliphatic carbocycles. The summed E-state index contributed by atoms with van der Waals surface area (Å²) in [5, 5.41) is 5.94. The molecule has 1 amide bonds. The first-order chi connectivity index (χ1) is 9.49. The molecule has 0 unspecified atom stereocenters. The maximum Gasteiger partial charge on any atom is 0.259 e. The normalized spacial score (nSPS) is 10.2. The van der Waals surface area contributed by atoms with Gasteiger partial charge < -0.3 is 10.6 Å². The molecule has 1 aromatic carbocycles. The molecule has 0 radical (unpaired) electrons. The smallest absolute Gasteiger partial charge is 0.259 e. The van der Waals surface area contributed by atoms with Crippen LogP contribution < -0.4 is 10.6 Å². The molecule has 104 valence electrons. The van der Waals surface area contributed by atoms with Crippen molar-refractivity contribution in [1.29, 1.82) is 0 Å². The highest BCUT2D eigenvalue weighted by molar-refractivity contribution is 6.07. The van der Waals surface area contributed by atoms with Gasteiger partial charge in [-0.1, -0.05) is 6.07 Å². The van der Waals surface area contributed by atoms with Gasteiger partial charge in [-0.05, 0) is 50.1 Å². The van der Waals surface area contributed by atoms with E-state index in [-0.39, 0.29) is 5.91 Å². The van der Waals surface area contributed by atoms with Gasteiger partial charge in [-0.3, -0.25) is 9.78 Å². The molecule has 4 nitrogen and oxygen atoms in total. The minimum absolute atomic E-state index is 0.160. The van der Waals surface area contributed by atoms with Crippen molar-refractivity contribution >= 4 is 17.3 Å². The van der Waals surface area contributed by atoms with Gasteiger partial charge in [0.2, 0.25) is 0 Å². The number of nitrogens with one attached hydrogen (secondary N) is 2. The molecule has 4 heteroatoms. The predicted octanol–water partition coefficient (Wildman–Crippen LogP) is 3.30. The number of hydrogen-bond donors (Lipinski definition) is 2. The third kappa shape index (κ3) is 3.15. The summed E-state index contributed by atoms with van der Waals surface area (Å²) < 4.78 is 0. The summed E-state index contributed by atoms with van der Waals surface area (Å²) in [7, 11) is 1.79. The van der Waals surface area contributed by atoms with Gasteiger partial charge in [0.25, 0.3) is 5.91 Å². The Kier molecular flexibility index (Phi) is 4.03. The molecular weight excluding hydrogens is 250 g/mol. The van der Waals surface area contributed by atoms with Crippen molar-refractivity contribution < 1.29 is 4.79 Å². The van der Waals surface area contributed by atoms with Gasteiger partial charge in [0, 0.05) is 24.6 Å². The van der Waals surface area contributed by atoms with Crippen molar-refractivity contribution in [3.05, 3.63) is 52.8 Å². The fourth-order valence-electron chi connectivity index (χ4n) is 2.19. The highest BCUT2D eigenvalue weighted by atomic mass is 16.1. The number of hydrogen-bond acceptors (Lipinski definition) is 3. The second-order valence-electron chi connectivity index (χ2n) is 4.95. The second-order valence-corrected chi connectivity index (χ2v) is 4.95. The average molecular weight is 269 g/mol. The largest absolute Gasteiger partial charge is 0.387 e. The number of aromatic nitrogens is 1. The molecule has 0 saturated carbocycles. The van der Waals surface area contributed by atoms with Crippen LogP contribution in [0.3, 0.4) is 0 Å². The van der Waals surface area contributed by atoms with Crippen molar-refractivity contribution in [1.82, 2.24) is 4.98 Å². The SMILES string of the molecule is CNc1cc(C)ncc1C(=O)Nc1cc(C)cc(C)c1. The molecule has 0 spiro atoms. The molecule has 2 N–H and O–H groups in total. The first kappa shape index (κ1) is 14.1. The molecule has 0 aliphatic heterocycles. The summed E-state index contributed by atoms with van der Waals surface area (Å²) >= 11 is 0. The van der Waals surface area contributed by atoms with E-state index in [2.05, 4.69) is 21.7 Å². The van der Waals surface area contributed by atoms with Gasteiger partial charge in [0.1, 0.15) is 0 Å². The molecule has 20 heavy (non-hydrogen) atoms. The minimum atomic E-state index is -0.160. The Labute approximate surface area is 119 Å². The molecule has 0 atom stereocenters. The monoisotopic (exact) mass is 269 g/mol. The van der Waals surface area contributed by atoms with E-state index in [1.165, 1.54) is 0 Å². The third-order valence-corrected chi connectivity index (χ3v) is 3.03. The van der Waals surface area contributed by atoms with Crippen LogP contribution in [0.4, 0.5) is 11.4 Å². The van der Waals surface area contributed by atoms with Crippen LogP contribution in [-0.4, -0.2) is 17.9 Å². The number of pyridine rings is 1. The quantitative estimate of drug-likeness (QED) is 0.899. The van der Waals surface area contributed by atoms with E-state index in [1.54, 1.807) is 13.2 Å². The first-order valence-corrected chi connectivity index (χ1v) is 6.53. The lowest BCUT2D eigenvalue weighted by Crippen LogP contribution is -2.15. The first-order valence-electron chi connectivity index (χ1n) is 6.53. The summed E-state index contributed by atoms with van der Waals surface area (Å²) in [6.45, 7) is 5.91. The van der Waals surface area contributed by atoms with Crippen molar-refractivity contribution in [3.63, 3.8) is 0 Å². The number of amides is 1. The van der Waals surface area contributed by atoms with E-state index in [0.717, 1.165) is 28.2 Å². The molecular formula is C16H19N3O. The number of rotatable bonds is 3. The zero-order valence-corrected chi connectivity index (χ0v) is 12.2. The van der Waals surface area contributed by atoms with E-state index in [9.17, 15) is 4.79 Å². The van der Waals surface area contributed by atoms with Gasteiger partial charge in [0.15, 0.2) is 0 Å². The lowest BCUT2D eigenvalue weighted by Gasteiger charge is -2.11. The molecule has 0 bridgehead atoms. The Hall–Kier alpha value is -2.36. The fourth-order valence-corrected chi connectivity index (χ4v) is 2.19. The Bertz CT molecular complexity index is 630. The zero-order valence-electron chi connectivity index (χ0n) is 12.2. The maximum absolute atomic E-state index is 12.3. The minimum Gasteiger partial charge on any atom is -0.387 e. The van der Waals surface area contributed by atoms with Gasteiger partial charge in [-0.2, -0.15) is 0 Å². The molecule has 0 fully saturated rings. The fraction of sp³-hybridized carbons (Fsp3) is 0.250. The molecule has 2 rings (SSSR count). The molecule has 0 saturated heterocycles.